The number of thiazole rings is 1. The van der Waals surface area contributed by atoms with Crippen LogP contribution in [0.1, 0.15) is 68.3 Å². The van der Waals surface area contributed by atoms with Crippen LogP contribution in [0.4, 0.5) is 29.4 Å². The number of aliphatic hydroxyl groups is 8. The number of carboxylic acid groups (broad SMARTS) is 1. The SMILES string of the molecule is CC[C@@]1(O)C(=O)OCc2c1cc1n(c2=O)Cc2cc3c(CN(C)C)c(O)ccc3nc2-1.COc1cc(NCc2ccc3nc(N)nc(N)c3c2C)cc(OC)c1OC.NC(=O)c1csc([C@@H]2O[C@H](CO)[C@@H](O)[C@H]2O)n1.Nc1n[n+]([O-])c2ccccc2[n+]1[O-].Nc1nc(=S)c2[nH]cnc2[nH]1.O=C(O)[C@H]1O[C@@H](O)[C@H](O)[C@@H](O)[C@@H]1O.S=P(N1CC1)(N1CC1)N1CC1. The van der Waals surface area contributed by atoms with Gasteiger partial charge < -0.3 is 138 Å². The van der Waals surface area contributed by atoms with Gasteiger partial charge >= 0.3 is 17.9 Å². The van der Waals surface area contributed by atoms with E-state index in [1.807, 2.05) is 56.3 Å². The second kappa shape index (κ2) is 37.7. The molecule has 656 valence electrons. The van der Waals surface area contributed by atoms with Gasteiger partial charge in [-0.15, -0.1) is 11.3 Å². The van der Waals surface area contributed by atoms with E-state index in [9.17, 15) is 50.0 Å². The molecule has 48 heteroatoms. The number of aromatic amines is 2. The predicted octanol–water partition coefficient (Wildman–Crippen LogP) is -0.307. The van der Waals surface area contributed by atoms with Gasteiger partial charge in [0.15, 0.2) is 45.3 Å². The lowest BCUT2D eigenvalue weighted by Crippen LogP contribution is -2.59. The van der Waals surface area contributed by atoms with Gasteiger partial charge in [-0.2, -0.15) is 4.98 Å². The van der Waals surface area contributed by atoms with Crippen LogP contribution in [0.25, 0.3) is 55.4 Å². The maximum Gasteiger partial charge on any atom is 0.458 e. The number of phenolic OH excluding ortho intramolecular Hbond substituents is 1. The van der Waals surface area contributed by atoms with Gasteiger partial charge in [0.05, 0.1) is 68.8 Å². The number of esters is 1. The van der Waals surface area contributed by atoms with Crippen molar-refractivity contribution in [2.24, 2.45) is 5.73 Å². The number of hydrogen-bond acceptors (Lipinski definition) is 37. The molecule has 10 atom stereocenters. The van der Waals surface area contributed by atoms with Crippen LogP contribution < -0.4 is 63.3 Å². The van der Waals surface area contributed by atoms with E-state index in [1.165, 1.54) is 63.1 Å². The molecule has 23 N–H and O–H groups in total. The Morgan fingerprint density at radius 2 is 1.48 bits per heavy atom. The molecule has 7 aliphatic heterocycles. The number of nitrogens with one attached hydrogen (secondary N) is 3. The lowest BCUT2D eigenvalue weighted by atomic mass is 9.86. The second-order valence-corrected chi connectivity index (χ2v) is 34.3. The topological polar surface area (TPSA) is 661 Å². The number of anilines is 5. The molecule has 14 heterocycles. The van der Waals surface area contributed by atoms with Crippen molar-refractivity contribution in [2.45, 2.75) is 107 Å². The number of cyclic esters (lactones) is 1. The number of phenols is 1. The van der Waals surface area contributed by atoms with Gasteiger partial charge in [0.1, 0.15) is 83.6 Å². The van der Waals surface area contributed by atoms with Crippen molar-refractivity contribution in [3.05, 3.63) is 154 Å². The van der Waals surface area contributed by atoms with E-state index in [-0.39, 0.29) is 58.9 Å². The molecule has 0 radical (unpaired) electrons. The minimum Gasteiger partial charge on any atom is -0.739 e. The number of carbonyl (C=O) groups excluding carboxylic acids is 2. The number of aliphatic hydroxyl groups excluding tert-OH is 7. The number of rotatable bonds is 16. The van der Waals surface area contributed by atoms with Crippen molar-refractivity contribution in [2.75, 3.05) is 110 Å². The third-order valence-electron chi connectivity index (χ3n) is 20.5. The lowest BCUT2D eigenvalue weighted by molar-refractivity contribution is -0.672. The maximum absolute atomic E-state index is 13.2. The molecular formula is C75H91N22O22PS3. The fourth-order valence-corrected chi connectivity index (χ4v) is 19.3. The second-order valence-electron chi connectivity index (χ2n) is 28.8. The number of H-pyrrole nitrogens is 2. The van der Waals surface area contributed by atoms with Crippen molar-refractivity contribution >= 4 is 133 Å². The fraction of sp³-hybridized carbons (Fsp3) is 0.387. The molecule has 7 aliphatic rings. The molecule has 4 aromatic carbocycles. The number of aryl methyl sites for hydroxylation is 1. The number of pyridine rings is 2. The summed E-state index contributed by atoms with van der Waals surface area (Å²) >= 11 is 11.8. The molecule has 0 spiro atoms. The molecule has 1 amide bonds. The van der Waals surface area contributed by atoms with E-state index < -0.39 is 91.7 Å². The van der Waals surface area contributed by atoms with Crippen molar-refractivity contribution in [3.8, 4) is 34.4 Å². The number of benzene rings is 4. The number of hydrogen-bond donors (Lipinski definition) is 18. The molecule has 5 saturated heterocycles. The number of nitrogens with two attached hydrogens (primary N) is 5. The summed E-state index contributed by atoms with van der Waals surface area (Å²) in [5.74, 6) is -0.511. The Bertz CT molecular complexity index is 5920. The van der Waals surface area contributed by atoms with Crippen LogP contribution in [0.3, 0.4) is 0 Å². The van der Waals surface area contributed by atoms with Crippen LogP contribution in [0, 0.1) is 22.0 Å². The third kappa shape index (κ3) is 19.2. The summed E-state index contributed by atoms with van der Waals surface area (Å²) in [5.41, 5.74) is 34.9. The van der Waals surface area contributed by atoms with Crippen LogP contribution in [-0.2, 0) is 67.4 Å². The Balaban J connectivity index is 0.000000136. The first kappa shape index (κ1) is 90.8. The van der Waals surface area contributed by atoms with Crippen molar-refractivity contribution in [1.82, 2.24) is 68.4 Å². The fourth-order valence-electron chi connectivity index (χ4n) is 13.8. The first-order valence-electron chi connectivity index (χ1n) is 37.7. The number of ether oxygens (including phenoxy) is 6. The average molecular weight is 1780 g/mol. The number of para-hydroxylation sites is 2. The number of methoxy groups -OCH3 is 3. The highest BCUT2D eigenvalue weighted by Gasteiger charge is 2.52. The van der Waals surface area contributed by atoms with Crippen LogP contribution in [0.2, 0.25) is 0 Å². The monoisotopic (exact) mass is 1780 g/mol. The number of fused-ring (bicyclic) bond motifs is 8. The molecule has 123 heavy (non-hydrogen) atoms. The number of imidazole rings is 1. The van der Waals surface area contributed by atoms with Crippen molar-refractivity contribution in [3.63, 3.8) is 0 Å². The van der Waals surface area contributed by atoms with E-state index >= 15 is 0 Å². The lowest BCUT2D eigenvalue weighted by Gasteiger charge is -2.36. The first-order valence-corrected chi connectivity index (χ1v) is 41.7. The standard InChI is InChI=1S/C23H23N3O5.C19H23N5O3.C9H12N2O5S.C7H6N4O2.C6H12N3PS.C6H10O7.C5H5N5S/c1-4-23(30)16-8-18-20-12(9-26(18)21(28)15(16)11-31-22(23)29)7-13-14(10-25(2)3)19(27)6-5-17(13)24-20;1-10-11(5-6-13-16(10)18(20)24-19(21)23-13)9-22-12-7-14(25-2)17(27-4)15(8-12)26-3;10-8(15)3-2-17-9(11-3)7-6(14)5(13)4(1-12)16-7;8-7-9-11(13)6-4-2-1-3-5(6)10(7)12;11-10(7-1-2-7,8-3-4-8)9-5-6-9;7-1-2(8)4(5(10)11)13-6(12)3(1)9;6-5-9-3-2(4(11)10-5)7-1-8-3/h5-8,27,30H,4,9-11H2,1-3H3;5-8,22H,9H2,1-4H3,(H4,20,21,23,24);2,4-7,12-14H,1H2,(H2,10,15);1-4H,(H2,8,9);1-6H2;1-4,6-9,12H,(H,10,11);1H,(H4,6,7,8,9,10,11)/t23-;;4-,5-,6-,7-;;;1-,2-,3+,4-,6+;/m0.1..0./s1. The minimum absolute atomic E-state index is 0.0859. The van der Waals surface area contributed by atoms with E-state index in [2.05, 4.69) is 64.1 Å². The molecule has 7 aromatic heterocycles. The number of amides is 1. The summed E-state index contributed by atoms with van der Waals surface area (Å²) in [4.78, 5) is 79.5. The highest BCUT2D eigenvalue weighted by molar-refractivity contribution is 8.11. The first-order chi connectivity index (χ1) is 58.5. The van der Waals surface area contributed by atoms with Gasteiger partial charge in [-0.3, -0.25) is 15.3 Å². The maximum atomic E-state index is 13.2. The third-order valence-corrected chi connectivity index (χ3v) is 27.2. The van der Waals surface area contributed by atoms with Crippen LogP contribution in [0.15, 0.2) is 89.3 Å². The van der Waals surface area contributed by atoms with Crippen LogP contribution in [-0.4, -0.2) is 268 Å². The predicted molar refractivity (Wildman–Crippen MR) is 451 cm³/mol. The molecule has 0 aliphatic carbocycles. The Morgan fingerprint density at radius 1 is 0.829 bits per heavy atom. The number of carboxylic acids is 1. The normalized spacial score (nSPS) is 21.6. The number of carbonyl (C=O) groups is 3. The number of nitrogens with zero attached hydrogens (tertiary/aromatic N) is 14. The molecule has 0 saturated carbocycles. The van der Waals surface area contributed by atoms with Gasteiger partial charge in [0, 0.05) is 114 Å². The number of aromatic nitrogens is 12. The summed E-state index contributed by atoms with van der Waals surface area (Å²) in [6, 6.07) is 21.0. The number of aliphatic carboxylic acids is 1. The van der Waals surface area contributed by atoms with Gasteiger partial charge in [-0.05, 0) is 86.8 Å². The molecule has 5 fully saturated rings. The molecular weight excluding hydrogens is 1690 g/mol. The van der Waals surface area contributed by atoms with E-state index in [0.29, 0.717) is 101 Å². The van der Waals surface area contributed by atoms with Gasteiger partial charge in [0.25, 0.3) is 17.0 Å². The Kier molecular flexibility index (Phi) is 27.8. The molecule has 18 rings (SSSR count). The van der Waals surface area contributed by atoms with Gasteiger partial charge in [0.2, 0.25) is 22.7 Å². The van der Waals surface area contributed by atoms with Gasteiger partial charge in [-0.25, -0.2) is 53.3 Å². The smallest absolute Gasteiger partial charge is 0.458 e. The zero-order valence-corrected chi connectivity index (χ0v) is 70.3. The van der Waals surface area contributed by atoms with E-state index in [1.54, 1.807) is 63.2 Å². The minimum atomic E-state index is -1.84. The molecule has 0 unspecified atom stereocenters. The number of aromatic hydroxyl groups is 1. The highest BCUT2D eigenvalue weighted by Crippen LogP contribution is 2.65. The Hall–Kier alpha value is -11.4. The van der Waals surface area contributed by atoms with Gasteiger partial charge in [-0.1, -0.05) is 37.3 Å². The average Bonchev–Trinajstić information content (AvgIpc) is 1.58. The molecule has 0 bridgehead atoms. The Labute approximate surface area is 712 Å². The highest BCUT2D eigenvalue weighted by atomic mass is 32.4. The van der Waals surface area contributed by atoms with Crippen LogP contribution >= 0.6 is 30.0 Å². The summed E-state index contributed by atoms with van der Waals surface area (Å²) in [6.07, 6.45) is -11.1. The van der Waals surface area contributed by atoms with Crippen molar-refractivity contribution < 1.29 is 103 Å². The zero-order valence-electron chi connectivity index (χ0n) is 67.0. The molecule has 11 aromatic rings. The largest absolute Gasteiger partial charge is 0.739 e. The summed E-state index contributed by atoms with van der Waals surface area (Å²) in [7, 11) is 8.60. The van der Waals surface area contributed by atoms with Crippen molar-refractivity contribution in [1.29, 1.82) is 0 Å². The van der Waals surface area contributed by atoms with E-state index in [4.69, 9.17) is 112 Å². The summed E-state index contributed by atoms with van der Waals surface area (Å²) in [5, 5.41) is 126. The van der Waals surface area contributed by atoms with Crippen LogP contribution in [0.5, 0.6) is 23.0 Å². The molecule has 44 nitrogen and oxygen atoms in total. The summed E-state index contributed by atoms with van der Waals surface area (Å²) in [6.45, 7) is 10.8. The summed E-state index contributed by atoms with van der Waals surface area (Å²) < 4.78 is 40.8. The zero-order chi connectivity index (χ0) is 89.1. The van der Waals surface area contributed by atoms with E-state index in [0.717, 1.165) is 55.6 Å². The quantitative estimate of drug-likeness (QED) is 0.0147. The Morgan fingerprint density at radius 3 is 2.07 bits per heavy atom. The number of primary amides is 1. The number of nitrogen functional groups attached to an aromatic ring is 4.